The van der Waals surface area contributed by atoms with Gasteiger partial charge in [0.15, 0.2) is 0 Å². The Morgan fingerprint density at radius 3 is 2.41 bits per heavy atom. The van der Waals surface area contributed by atoms with Crippen LogP contribution < -0.4 is 3.32 Å². The van der Waals surface area contributed by atoms with Gasteiger partial charge in [-0.15, -0.1) is 0 Å². The predicted octanol–water partition coefficient (Wildman–Crippen LogP) is 6.19. The van der Waals surface area contributed by atoms with Gasteiger partial charge in [-0.3, -0.25) is 0 Å². The molecule has 0 heterocycles. The van der Waals surface area contributed by atoms with Crippen molar-refractivity contribution in [1.82, 2.24) is 0 Å². The molecule has 2 aromatic carbocycles. The third-order valence-corrected chi connectivity index (χ3v) is 18.9. The van der Waals surface area contributed by atoms with Crippen LogP contribution in [0.3, 0.4) is 0 Å². The molecule has 1 fully saturated rings. The third-order valence-electron chi connectivity index (χ3n) is 6.86. The Labute approximate surface area is 171 Å². The van der Waals surface area contributed by atoms with Gasteiger partial charge in [-0.05, 0) is 0 Å². The maximum absolute atomic E-state index is 2.56. The van der Waals surface area contributed by atoms with E-state index in [1.54, 1.807) is 8.88 Å². The molecule has 3 aliphatic rings. The molecule has 0 aliphatic heterocycles. The first-order valence-electron chi connectivity index (χ1n) is 10.6. The molecule has 2 aromatic rings. The number of fused-ring (bicyclic) bond motifs is 3. The normalized spacial score (nSPS) is 19.9. The Hall–Kier alpha value is -1.34. The fourth-order valence-corrected chi connectivity index (χ4v) is 17.9. The van der Waals surface area contributed by atoms with E-state index >= 15 is 0 Å². The molecule has 3 aliphatic carbocycles. The molecule has 0 aromatic heterocycles. The summed E-state index contributed by atoms with van der Waals surface area (Å²) in [7, 11) is 0. The fourth-order valence-electron chi connectivity index (χ4n) is 5.44. The summed E-state index contributed by atoms with van der Waals surface area (Å²) in [6.07, 6.45) is 18.0. The van der Waals surface area contributed by atoms with Crippen LogP contribution >= 0.6 is 0 Å². The second-order valence-electron chi connectivity index (χ2n) is 8.39. The maximum atomic E-state index is 2.56. The summed E-state index contributed by atoms with van der Waals surface area (Å²) in [5.74, 6) is 0.892. The van der Waals surface area contributed by atoms with E-state index < -0.39 is 21.0 Å². The third kappa shape index (κ3) is 3.23. The van der Waals surface area contributed by atoms with Crippen LogP contribution in [-0.4, -0.2) is 3.26 Å². The molecule has 1 heteroatoms. The van der Waals surface area contributed by atoms with E-state index in [-0.39, 0.29) is 0 Å². The summed E-state index contributed by atoms with van der Waals surface area (Å²) in [5, 5.41) is 0. The Balaban J connectivity index is 1.66. The van der Waals surface area contributed by atoms with Gasteiger partial charge >= 0.3 is 172 Å². The van der Waals surface area contributed by atoms with Gasteiger partial charge in [-0.25, -0.2) is 0 Å². The predicted molar refractivity (Wildman–Crippen MR) is 114 cm³/mol. The second-order valence-corrected chi connectivity index (χ2v) is 18.5. The summed E-state index contributed by atoms with van der Waals surface area (Å²) in [6.45, 7) is 2.56. The van der Waals surface area contributed by atoms with Crippen LogP contribution in [-0.2, 0) is 27.4 Å². The Morgan fingerprint density at radius 2 is 1.59 bits per heavy atom. The molecular formula is C26H28Hf. The average molecular weight is 519 g/mol. The van der Waals surface area contributed by atoms with E-state index in [1.807, 2.05) is 3.26 Å². The number of benzene rings is 2. The summed E-state index contributed by atoms with van der Waals surface area (Å²) >= 11 is -2.19. The van der Waals surface area contributed by atoms with Crippen molar-refractivity contribution in [1.29, 1.82) is 0 Å². The van der Waals surface area contributed by atoms with Crippen LogP contribution in [0.1, 0.15) is 50.2 Å². The monoisotopic (exact) mass is 520 g/mol. The van der Waals surface area contributed by atoms with Crippen molar-refractivity contribution in [3.63, 3.8) is 0 Å². The molecule has 5 rings (SSSR count). The van der Waals surface area contributed by atoms with Crippen LogP contribution in [0, 0.1) is 5.92 Å². The number of rotatable bonds is 3. The van der Waals surface area contributed by atoms with Crippen LogP contribution in [0.25, 0.3) is 11.1 Å². The minimum absolute atomic E-state index is 0.729. The molecule has 0 amide bonds. The fraction of sp³-hybridized carbons (Fsp3) is 0.346. The van der Waals surface area contributed by atoms with Crippen molar-refractivity contribution in [3.05, 3.63) is 77.9 Å². The Morgan fingerprint density at radius 1 is 0.852 bits per heavy atom. The summed E-state index contributed by atoms with van der Waals surface area (Å²) in [6, 6.07) is 16.3. The van der Waals surface area contributed by atoms with Gasteiger partial charge in [0.2, 0.25) is 0 Å². The molecule has 0 spiro atoms. The van der Waals surface area contributed by atoms with Gasteiger partial charge in [0.05, 0.1) is 0 Å². The van der Waals surface area contributed by atoms with E-state index in [2.05, 4.69) is 73.7 Å². The molecule has 27 heavy (non-hydrogen) atoms. The average Bonchev–Trinajstić information content (AvgIpc) is 3.37. The molecule has 136 valence electrons. The zero-order valence-electron chi connectivity index (χ0n) is 16.2. The summed E-state index contributed by atoms with van der Waals surface area (Å²) < 4.78 is 4.45. The number of hydrogen-bond acceptors (Lipinski definition) is 0. The molecule has 0 radical (unpaired) electrons. The molecule has 0 unspecified atom stereocenters. The van der Waals surface area contributed by atoms with Gasteiger partial charge in [0.1, 0.15) is 0 Å². The number of allylic oxidation sites excluding steroid dienone is 4. The first kappa shape index (κ1) is 17.7. The van der Waals surface area contributed by atoms with E-state index in [1.165, 1.54) is 48.8 Å². The van der Waals surface area contributed by atoms with Crippen molar-refractivity contribution in [3.8, 4) is 11.1 Å². The minimum atomic E-state index is -2.19. The zero-order valence-corrected chi connectivity index (χ0v) is 19.8. The van der Waals surface area contributed by atoms with Crippen molar-refractivity contribution in [2.45, 2.75) is 49.1 Å². The molecule has 0 nitrogen and oxygen atoms in total. The second kappa shape index (κ2) is 7.59. The van der Waals surface area contributed by atoms with Crippen molar-refractivity contribution < 1.29 is 21.0 Å². The van der Waals surface area contributed by atoms with E-state index in [4.69, 9.17) is 0 Å². The molecule has 0 N–H and O–H groups in total. The summed E-state index contributed by atoms with van der Waals surface area (Å²) in [4.78, 5) is 0. The quantitative estimate of drug-likeness (QED) is 0.363. The van der Waals surface area contributed by atoms with Gasteiger partial charge in [-0.1, -0.05) is 0 Å². The van der Waals surface area contributed by atoms with E-state index in [9.17, 15) is 0 Å². The van der Waals surface area contributed by atoms with Gasteiger partial charge < -0.3 is 0 Å². The van der Waals surface area contributed by atoms with E-state index in [0.717, 1.165) is 16.0 Å². The van der Waals surface area contributed by atoms with Gasteiger partial charge in [-0.2, -0.15) is 0 Å². The van der Waals surface area contributed by atoms with Gasteiger partial charge in [0, 0.05) is 0 Å². The van der Waals surface area contributed by atoms with Gasteiger partial charge in [0.25, 0.3) is 0 Å². The van der Waals surface area contributed by atoms with Crippen LogP contribution in [0.4, 0.5) is 0 Å². The molecule has 0 atom stereocenters. The van der Waals surface area contributed by atoms with Crippen molar-refractivity contribution >= 4 is 6.58 Å². The Kier molecular flexibility index (Phi) is 4.98. The van der Waals surface area contributed by atoms with Crippen molar-refractivity contribution in [2.75, 3.05) is 0 Å². The molecule has 0 saturated heterocycles. The SMILES string of the molecule is C[C](C1CCCCC1)=[Hf]([c]1cccc2c1Cc1ccccc1-2)[CH]1C=CC=C1. The number of hydrogen-bond donors (Lipinski definition) is 0. The van der Waals surface area contributed by atoms with Crippen LogP contribution in [0.2, 0.25) is 3.67 Å². The first-order valence-corrected chi connectivity index (χ1v) is 16.3. The molecule has 0 bridgehead atoms. The standard InChI is InChI=1S/C13H9.C8H14.C5H5.Hf/c1-3-7-12-10(5-1)9-11-6-2-4-8-13(11)12;1-2-8-6-4-3-5-7-8;1-2-4-5-3-1;/h1-5,7-8H,9H2;8H,3-7H2,1H3;1-5H;. The van der Waals surface area contributed by atoms with Crippen LogP contribution in [0.5, 0.6) is 0 Å². The summed E-state index contributed by atoms with van der Waals surface area (Å²) in [5.41, 5.74) is 6.20. The Bertz CT molecular complexity index is 942. The zero-order chi connectivity index (χ0) is 18.2. The van der Waals surface area contributed by atoms with Crippen LogP contribution in [0.15, 0.2) is 66.8 Å². The van der Waals surface area contributed by atoms with E-state index in [0.29, 0.717) is 0 Å². The molecular weight excluding hydrogens is 491 g/mol. The van der Waals surface area contributed by atoms with Crippen molar-refractivity contribution in [2.24, 2.45) is 5.92 Å². The topological polar surface area (TPSA) is 0 Å². The first-order chi connectivity index (χ1) is 13.3. The molecule has 1 saturated carbocycles.